The van der Waals surface area contributed by atoms with Crippen molar-refractivity contribution in [2.75, 3.05) is 25.1 Å². The number of carbonyl (C=O) groups is 2. The number of carboxylic acids is 1. The number of carbonyl (C=O) groups excluding carboxylic acids is 1. The van der Waals surface area contributed by atoms with Crippen molar-refractivity contribution < 1.29 is 24.2 Å². The van der Waals surface area contributed by atoms with Crippen LogP contribution in [0.1, 0.15) is 31.7 Å². The highest BCUT2D eigenvalue weighted by Crippen LogP contribution is 2.21. The predicted octanol–water partition coefficient (Wildman–Crippen LogP) is 2.60. The van der Waals surface area contributed by atoms with Gasteiger partial charge in [-0.05, 0) is 37.1 Å². The van der Waals surface area contributed by atoms with Crippen molar-refractivity contribution >= 4 is 17.6 Å². The van der Waals surface area contributed by atoms with Gasteiger partial charge in [0.1, 0.15) is 12.4 Å². The lowest BCUT2D eigenvalue weighted by Gasteiger charge is -2.11. The zero-order valence-corrected chi connectivity index (χ0v) is 13.1. The Morgan fingerprint density at radius 3 is 2.64 bits per heavy atom. The van der Waals surface area contributed by atoms with E-state index in [1.165, 1.54) is 0 Å². The second kappa shape index (κ2) is 9.78. The molecule has 0 aromatic heterocycles. The molecule has 0 unspecified atom stereocenters. The Labute approximate surface area is 130 Å². The summed E-state index contributed by atoms with van der Waals surface area (Å²) in [7, 11) is 0. The minimum Gasteiger partial charge on any atom is -0.482 e. The van der Waals surface area contributed by atoms with E-state index >= 15 is 0 Å². The van der Waals surface area contributed by atoms with Crippen LogP contribution < -0.4 is 10.1 Å². The zero-order valence-electron chi connectivity index (χ0n) is 13.1. The monoisotopic (exact) mass is 309 g/mol. The van der Waals surface area contributed by atoms with Crippen molar-refractivity contribution in [3.63, 3.8) is 0 Å². The van der Waals surface area contributed by atoms with Gasteiger partial charge in [-0.1, -0.05) is 19.8 Å². The lowest BCUT2D eigenvalue weighted by molar-refractivity contribution is -0.139. The number of rotatable bonds is 10. The van der Waals surface area contributed by atoms with E-state index in [1.54, 1.807) is 18.2 Å². The molecule has 6 heteroatoms. The molecule has 0 aliphatic carbocycles. The Hall–Kier alpha value is -2.08. The molecule has 0 spiro atoms. The lowest BCUT2D eigenvalue weighted by Crippen LogP contribution is -2.19. The Morgan fingerprint density at radius 2 is 2.00 bits per heavy atom. The molecule has 0 aliphatic heterocycles. The lowest BCUT2D eigenvalue weighted by atomic mass is 10.2. The number of benzene rings is 1. The standard InChI is InChI=1S/C16H23NO5/c1-3-4-5-8-21-10-15(18)17-14-7-6-13(9-12(14)2)22-11-16(19)20/h6-7,9H,3-5,8,10-11H2,1-2H3,(H,17,18)(H,19,20). The van der Waals surface area contributed by atoms with Crippen molar-refractivity contribution in [3.8, 4) is 5.75 Å². The van der Waals surface area contributed by atoms with Gasteiger partial charge in [-0.2, -0.15) is 0 Å². The fraction of sp³-hybridized carbons (Fsp3) is 0.500. The van der Waals surface area contributed by atoms with Gasteiger partial charge in [-0.3, -0.25) is 4.79 Å². The van der Waals surface area contributed by atoms with E-state index in [4.69, 9.17) is 14.6 Å². The van der Waals surface area contributed by atoms with Crippen LogP contribution in [0.15, 0.2) is 18.2 Å². The Morgan fingerprint density at radius 1 is 1.23 bits per heavy atom. The van der Waals surface area contributed by atoms with Crippen LogP contribution in [0.3, 0.4) is 0 Å². The number of aliphatic carboxylic acids is 1. The van der Waals surface area contributed by atoms with Gasteiger partial charge in [0.15, 0.2) is 6.61 Å². The van der Waals surface area contributed by atoms with E-state index < -0.39 is 12.6 Å². The van der Waals surface area contributed by atoms with Gasteiger partial charge in [-0.25, -0.2) is 4.79 Å². The molecule has 2 N–H and O–H groups in total. The summed E-state index contributed by atoms with van der Waals surface area (Å²) in [6.45, 7) is 4.14. The predicted molar refractivity (Wildman–Crippen MR) is 83.3 cm³/mol. The van der Waals surface area contributed by atoms with Crippen LogP contribution in [0.25, 0.3) is 0 Å². The maximum Gasteiger partial charge on any atom is 0.341 e. The number of ether oxygens (including phenoxy) is 2. The smallest absolute Gasteiger partial charge is 0.341 e. The van der Waals surface area contributed by atoms with Crippen LogP contribution in [0, 0.1) is 6.92 Å². The summed E-state index contributed by atoms with van der Waals surface area (Å²) in [6.07, 6.45) is 3.17. The summed E-state index contributed by atoms with van der Waals surface area (Å²) >= 11 is 0. The van der Waals surface area contributed by atoms with E-state index in [0.717, 1.165) is 24.8 Å². The second-order valence-corrected chi connectivity index (χ2v) is 4.97. The molecule has 0 bridgehead atoms. The fourth-order valence-corrected chi connectivity index (χ4v) is 1.82. The molecule has 1 rings (SSSR count). The molecule has 1 amide bonds. The van der Waals surface area contributed by atoms with Gasteiger partial charge < -0.3 is 19.9 Å². The summed E-state index contributed by atoms with van der Waals surface area (Å²) in [5.74, 6) is -0.789. The maximum absolute atomic E-state index is 11.8. The molecular formula is C16H23NO5. The molecule has 1 aromatic rings. The van der Waals surface area contributed by atoms with Crippen LogP contribution in [0.4, 0.5) is 5.69 Å². The van der Waals surface area contributed by atoms with E-state index in [1.807, 2.05) is 6.92 Å². The number of amides is 1. The molecular weight excluding hydrogens is 286 g/mol. The summed E-state index contributed by atoms with van der Waals surface area (Å²) in [5.41, 5.74) is 1.45. The minimum absolute atomic E-state index is 0.0282. The molecule has 122 valence electrons. The van der Waals surface area contributed by atoms with Crippen LogP contribution in [-0.4, -0.2) is 36.8 Å². The number of carboxylic acid groups (broad SMARTS) is 1. The van der Waals surface area contributed by atoms with Crippen molar-refractivity contribution in [1.29, 1.82) is 0 Å². The van der Waals surface area contributed by atoms with Gasteiger partial charge in [0.25, 0.3) is 0 Å². The summed E-state index contributed by atoms with van der Waals surface area (Å²) in [6, 6.07) is 4.98. The number of unbranched alkanes of at least 4 members (excludes halogenated alkanes) is 2. The number of anilines is 1. The fourth-order valence-electron chi connectivity index (χ4n) is 1.82. The summed E-state index contributed by atoms with van der Waals surface area (Å²) in [4.78, 5) is 22.2. The summed E-state index contributed by atoms with van der Waals surface area (Å²) in [5, 5.41) is 11.3. The molecule has 0 saturated heterocycles. The average Bonchev–Trinajstić information content (AvgIpc) is 2.47. The van der Waals surface area contributed by atoms with E-state index in [2.05, 4.69) is 12.2 Å². The molecule has 0 radical (unpaired) electrons. The highest BCUT2D eigenvalue weighted by Gasteiger charge is 2.07. The third-order valence-electron chi connectivity index (χ3n) is 2.96. The first kappa shape index (κ1) is 18.0. The zero-order chi connectivity index (χ0) is 16.4. The highest BCUT2D eigenvalue weighted by molar-refractivity contribution is 5.92. The molecule has 6 nitrogen and oxygen atoms in total. The number of hydrogen-bond acceptors (Lipinski definition) is 4. The largest absolute Gasteiger partial charge is 0.482 e. The molecule has 22 heavy (non-hydrogen) atoms. The van der Waals surface area contributed by atoms with Crippen LogP contribution in [0.5, 0.6) is 5.75 Å². The number of hydrogen-bond donors (Lipinski definition) is 2. The maximum atomic E-state index is 11.8. The minimum atomic E-state index is -1.03. The van der Waals surface area contributed by atoms with Crippen molar-refractivity contribution in [3.05, 3.63) is 23.8 Å². The average molecular weight is 309 g/mol. The SMILES string of the molecule is CCCCCOCC(=O)Nc1ccc(OCC(=O)O)cc1C. The first-order chi connectivity index (χ1) is 10.5. The van der Waals surface area contributed by atoms with Gasteiger partial charge >= 0.3 is 5.97 Å². The van der Waals surface area contributed by atoms with Gasteiger partial charge in [0.2, 0.25) is 5.91 Å². The molecule has 0 saturated carbocycles. The Balaban J connectivity index is 2.41. The second-order valence-electron chi connectivity index (χ2n) is 4.97. The molecule has 1 aromatic carbocycles. The van der Waals surface area contributed by atoms with Crippen molar-refractivity contribution in [2.45, 2.75) is 33.1 Å². The topological polar surface area (TPSA) is 84.9 Å². The van der Waals surface area contributed by atoms with Gasteiger partial charge in [-0.15, -0.1) is 0 Å². The third-order valence-corrected chi connectivity index (χ3v) is 2.96. The normalized spacial score (nSPS) is 10.3. The van der Waals surface area contributed by atoms with E-state index in [0.29, 0.717) is 18.0 Å². The molecule has 0 aliphatic rings. The van der Waals surface area contributed by atoms with Crippen molar-refractivity contribution in [2.24, 2.45) is 0 Å². The Kier molecular flexibility index (Phi) is 7.99. The van der Waals surface area contributed by atoms with Crippen LogP contribution in [0.2, 0.25) is 0 Å². The quantitative estimate of drug-likeness (QED) is 0.649. The molecule has 0 heterocycles. The highest BCUT2D eigenvalue weighted by atomic mass is 16.5. The Bertz CT molecular complexity index is 501. The van der Waals surface area contributed by atoms with Gasteiger partial charge in [0.05, 0.1) is 0 Å². The van der Waals surface area contributed by atoms with Gasteiger partial charge in [0, 0.05) is 12.3 Å². The molecule has 0 atom stereocenters. The van der Waals surface area contributed by atoms with E-state index in [-0.39, 0.29) is 12.5 Å². The third kappa shape index (κ3) is 7.08. The van der Waals surface area contributed by atoms with E-state index in [9.17, 15) is 9.59 Å². The first-order valence-corrected chi connectivity index (χ1v) is 7.35. The summed E-state index contributed by atoms with van der Waals surface area (Å²) < 4.78 is 10.4. The number of nitrogens with one attached hydrogen (secondary N) is 1. The number of aryl methyl sites for hydroxylation is 1. The van der Waals surface area contributed by atoms with Crippen LogP contribution >= 0.6 is 0 Å². The van der Waals surface area contributed by atoms with Crippen molar-refractivity contribution in [1.82, 2.24) is 0 Å². The molecule has 0 fully saturated rings. The van der Waals surface area contributed by atoms with Crippen LogP contribution in [-0.2, 0) is 14.3 Å². The first-order valence-electron chi connectivity index (χ1n) is 7.35.